The number of carbonyl (C=O) groups is 1. The molecular formula is C13H8F2N2OS. The van der Waals surface area contributed by atoms with E-state index in [-0.39, 0.29) is 0 Å². The third kappa shape index (κ3) is 1.76. The molecule has 0 N–H and O–H groups in total. The van der Waals surface area contributed by atoms with Gasteiger partial charge in [-0.15, -0.1) is 11.3 Å². The maximum absolute atomic E-state index is 13.3. The first-order chi connectivity index (χ1) is 9.11. The maximum atomic E-state index is 13.3. The monoisotopic (exact) mass is 278 g/mol. The van der Waals surface area contributed by atoms with Crippen LogP contribution in [0.3, 0.4) is 0 Å². The first-order valence-electron chi connectivity index (χ1n) is 5.49. The lowest BCUT2D eigenvalue weighted by Gasteiger charge is -2.00. The van der Waals surface area contributed by atoms with E-state index in [2.05, 4.69) is 4.98 Å². The number of aryl methyl sites for hydroxylation is 1. The molecule has 0 unspecified atom stereocenters. The van der Waals surface area contributed by atoms with E-state index in [0.29, 0.717) is 28.2 Å². The van der Waals surface area contributed by atoms with Crippen LogP contribution in [0.15, 0.2) is 23.6 Å². The number of thiazole rings is 1. The highest BCUT2D eigenvalue weighted by Crippen LogP contribution is 2.28. The van der Waals surface area contributed by atoms with Crippen LogP contribution in [-0.2, 0) is 0 Å². The molecule has 1 aromatic carbocycles. The third-order valence-corrected chi connectivity index (χ3v) is 3.82. The zero-order valence-corrected chi connectivity index (χ0v) is 10.7. The van der Waals surface area contributed by atoms with Gasteiger partial charge in [0.25, 0.3) is 0 Å². The van der Waals surface area contributed by atoms with Crippen molar-refractivity contribution in [1.82, 2.24) is 9.38 Å². The van der Waals surface area contributed by atoms with Gasteiger partial charge in [-0.25, -0.2) is 13.8 Å². The molecule has 0 saturated heterocycles. The van der Waals surface area contributed by atoms with Gasteiger partial charge in [-0.2, -0.15) is 0 Å². The lowest BCUT2D eigenvalue weighted by atomic mass is 10.1. The fourth-order valence-corrected chi connectivity index (χ4v) is 2.86. The molecule has 0 radical (unpaired) electrons. The number of aldehydes is 1. The Hall–Kier alpha value is -2.08. The van der Waals surface area contributed by atoms with Gasteiger partial charge in [0.2, 0.25) is 0 Å². The van der Waals surface area contributed by atoms with E-state index in [1.807, 2.05) is 12.3 Å². The number of fused-ring (bicyclic) bond motifs is 1. The van der Waals surface area contributed by atoms with Crippen molar-refractivity contribution >= 4 is 22.6 Å². The van der Waals surface area contributed by atoms with Gasteiger partial charge in [0.05, 0.1) is 0 Å². The Morgan fingerprint density at radius 3 is 2.79 bits per heavy atom. The highest BCUT2D eigenvalue weighted by molar-refractivity contribution is 7.15. The van der Waals surface area contributed by atoms with Crippen LogP contribution in [0.5, 0.6) is 0 Å². The highest BCUT2D eigenvalue weighted by atomic mass is 32.1. The molecule has 6 heteroatoms. The average molecular weight is 278 g/mol. The predicted octanol–water partition coefficient (Wildman–Crippen LogP) is 3.46. The summed E-state index contributed by atoms with van der Waals surface area (Å²) < 4.78 is 27.9. The minimum Gasteiger partial charge on any atom is -0.296 e. The number of halogens is 2. The zero-order chi connectivity index (χ0) is 13.6. The molecule has 3 nitrogen and oxygen atoms in total. The number of rotatable bonds is 2. The van der Waals surface area contributed by atoms with Crippen molar-refractivity contribution in [2.24, 2.45) is 0 Å². The number of benzene rings is 1. The molecule has 0 fully saturated rings. The van der Waals surface area contributed by atoms with E-state index in [1.54, 1.807) is 4.40 Å². The van der Waals surface area contributed by atoms with Gasteiger partial charge < -0.3 is 0 Å². The molecule has 0 aliphatic carbocycles. The van der Waals surface area contributed by atoms with E-state index in [0.717, 1.165) is 17.8 Å². The summed E-state index contributed by atoms with van der Waals surface area (Å²) in [6, 6.07) is 3.48. The van der Waals surface area contributed by atoms with E-state index < -0.39 is 11.6 Å². The van der Waals surface area contributed by atoms with Crippen molar-refractivity contribution in [2.45, 2.75) is 6.92 Å². The molecule has 2 heterocycles. The van der Waals surface area contributed by atoms with Gasteiger partial charge in [0.1, 0.15) is 11.4 Å². The molecule has 19 heavy (non-hydrogen) atoms. The Morgan fingerprint density at radius 2 is 2.11 bits per heavy atom. The van der Waals surface area contributed by atoms with Gasteiger partial charge in [-0.05, 0) is 25.1 Å². The highest BCUT2D eigenvalue weighted by Gasteiger charge is 2.17. The summed E-state index contributed by atoms with van der Waals surface area (Å²) in [7, 11) is 0. The predicted molar refractivity (Wildman–Crippen MR) is 68.5 cm³/mol. The lowest BCUT2D eigenvalue weighted by molar-refractivity contribution is 0.111. The lowest BCUT2D eigenvalue weighted by Crippen LogP contribution is -1.94. The van der Waals surface area contributed by atoms with Crippen LogP contribution in [0.25, 0.3) is 16.2 Å². The summed E-state index contributed by atoms with van der Waals surface area (Å²) in [5, 5.41) is 1.88. The minimum absolute atomic E-state index is 0.347. The maximum Gasteiger partial charge on any atom is 0.195 e. The number of carbonyl (C=O) groups excluding carboxylic acids is 1. The second kappa shape index (κ2) is 4.24. The van der Waals surface area contributed by atoms with Crippen LogP contribution in [0.1, 0.15) is 16.2 Å². The van der Waals surface area contributed by atoms with Gasteiger partial charge in [0.15, 0.2) is 22.9 Å². The van der Waals surface area contributed by atoms with Gasteiger partial charge in [0, 0.05) is 16.6 Å². The summed E-state index contributed by atoms with van der Waals surface area (Å²) >= 11 is 1.39. The van der Waals surface area contributed by atoms with Crippen molar-refractivity contribution in [3.63, 3.8) is 0 Å². The Kier molecular flexibility index (Phi) is 2.67. The molecule has 2 aromatic heterocycles. The number of hydrogen-bond donors (Lipinski definition) is 0. The fourth-order valence-electron chi connectivity index (χ4n) is 1.99. The van der Waals surface area contributed by atoms with Crippen molar-refractivity contribution in [2.75, 3.05) is 0 Å². The smallest absolute Gasteiger partial charge is 0.195 e. The normalized spacial score (nSPS) is 11.1. The van der Waals surface area contributed by atoms with Gasteiger partial charge in [-0.3, -0.25) is 9.20 Å². The third-order valence-electron chi connectivity index (χ3n) is 2.87. The second-order valence-electron chi connectivity index (χ2n) is 4.09. The Bertz CT molecular complexity index is 791. The molecule has 3 rings (SSSR count). The van der Waals surface area contributed by atoms with Crippen molar-refractivity contribution in [1.29, 1.82) is 0 Å². The molecule has 0 atom stereocenters. The summed E-state index contributed by atoms with van der Waals surface area (Å²) in [6.07, 6.45) is 0.677. The van der Waals surface area contributed by atoms with Gasteiger partial charge in [-0.1, -0.05) is 0 Å². The molecule has 0 saturated carbocycles. The molecule has 0 spiro atoms. The summed E-state index contributed by atoms with van der Waals surface area (Å²) in [4.78, 5) is 16.2. The van der Waals surface area contributed by atoms with Crippen molar-refractivity contribution in [3.8, 4) is 11.3 Å². The molecule has 0 aliphatic heterocycles. The van der Waals surface area contributed by atoms with Crippen LogP contribution < -0.4 is 0 Å². The van der Waals surface area contributed by atoms with E-state index in [1.165, 1.54) is 17.4 Å². The molecule has 0 aliphatic rings. The number of nitrogens with zero attached hydrogens (tertiary/aromatic N) is 2. The SMILES string of the molecule is Cc1csc2nc(-c3ccc(F)c(F)c3)c(C=O)n12. The van der Waals surface area contributed by atoms with Crippen LogP contribution in [-0.4, -0.2) is 15.7 Å². The van der Waals surface area contributed by atoms with E-state index in [4.69, 9.17) is 0 Å². The van der Waals surface area contributed by atoms with Crippen LogP contribution in [0, 0.1) is 18.6 Å². The van der Waals surface area contributed by atoms with Crippen LogP contribution in [0.4, 0.5) is 8.78 Å². The largest absolute Gasteiger partial charge is 0.296 e. The van der Waals surface area contributed by atoms with Crippen molar-refractivity contribution < 1.29 is 13.6 Å². The summed E-state index contributed by atoms with van der Waals surface area (Å²) in [6.45, 7) is 1.85. The Balaban J connectivity index is 2.29. The second-order valence-corrected chi connectivity index (χ2v) is 4.92. The van der Waals surface area contributed by atoms with E-state index in [9.17, 15) is 13.6 Å². The number of imidazole rings is 1. The first kappa shape index (κ1) is 12.0. The van der Waals surface area contributed by atoms with E-state index >= 15 is 0 Å². The van der Waals surface area contributed by atoms with Crippen LogP contribution in [0.2, 0.25) is 0 Å². The number of hydrogen-bond acceptors (Lipinski definition) is 3. The Morgan fingerprint density at radius 1 is 1.32 bits per heavy atom. The molecular weight excluding hydrogens is 270 g/mol. The molecule has 0 amide bonds. The Labute approximate surface area is 111 Å². The van der Waals surface area contributed by atoms with Gasteiger partial charge >= 0.3 is 0 Å². The summed E-state index contributed by atoms with van der Waals surface area (Å²) in [5.41, 5.74) is 1.98. The minimum atomic E-state index is -0.956. The zero-order valence-electron chi connectivity index (χ0n) is 9.85. The quantitative estimate of drug-likeness (QED) is 0.673. The topological polar surface area (TPSA) is 34.4 Å². The molecule has 96 valence electrons. The standard InChI is InChI=1S/C13H8F2N2OS/c1-7-6-19-13-16-12(11(5-18)17(7)13)8-2-3-9(14)10(15)4-8/h2-6H,1H3. The molecule has 0 bridgehead atoms. The average Bonchev–Trinajstić information content (AvgIpc) is 2.93. The summed E-state index contributed by atoms with van der Waals surface area (Å²) in [5.74, 6) is -1.88. The number of aromatic nitrogens is 2. The van der Waals surface area contributed by atoms with Crippen molar-refractivity contribution in [3.05, 3.63) is 46.6 Å². The fraction of sp³-hybridized carbons (Fsp3) is 0.0769. The molecule has 3 aromatic rings. The van der Waals surface area contributed by atoms with Crippen LogP contribution >= 0.6 is 11.3 Å². The first-order valence-corrected chi connectivity index (χ1v) is 6.37.